The minimum atomic E-state index is -0.543. The molecule has 6 heteroatoms. The Balaban J connectivity index is 1.68. The monoisotopic (exact) mass is 263 g/mol. The molecule has 1 atom stereocenters. The standard InChI is InChI=1S/C13H14FN3O2/c14-8-1-5-10(6-2-8)17-7-11(16-13(17)19)12(18)15-9-3-4-9/h1-2,5-6,9,11H,3-4,7H2,(H,15,18)(H,16,19). The molecule has 1 aliphatic heterocycles. The SMILES string of the molecule is O=C(NC1CC1)C1CN(c2ccc(F)cc2)C(=O)N1. The smallest absolute Gasteiger partial charge is 0.322 e. The molecule has 0 bridgehead atoms. The third kappa shape index (κ3) is 2.52. The second-order valence-corrected chi connectivity index (χ2v) is 4.87. The molecule has 0 radical (unpaired) electrons. The van der Waals surface area contributed by atoms with Crippen molar-refractivity contribution in [3.05, 3.63) is 30.1 Å². The van der Waals surface area contributed by atoms with Gasteiger partial charge in [-0.2, -0.15) is 0 Å². The van der Waals surface area contributed by atoms with Gasteiger partial charge in [-0.1, -0.05) is 0 Å². The van der Waals surface area contributed by atoms with Crippen LogP contribution in [0.2, 0.25) is 0 Å². The predicted molar refractivity (Wildman–Crippen MR) is 67.2 cm³/mol. The molecule has 1 aromatic rings. The van der Waals surface area contributed by atoms with Crippen LogP contribution in [-0.4, -0.2) is 30.6 Å². The van der Waals surface area contributed by atoms with Crippen LogP contribution in [0.5, 0.6) is 0 Å². The third-order valence-electron chi connectivity index (χ3n) is 3.29. The van der Waals surface area contributed by atoms with Crippen molar-refractivity contribution in [2.24, 2.45) is 0 Å². The number of nitrogens with zero attached hydrogens (tertiary/aromatic N) is 1. The fraction of sp³-hybridized carbons (Fsp3) is 0.385. The van der Waals surface area contributed by atoms with Crippen molar-refractivity contribution in [3.8, 4) is 0 Å². The summed E-state index contributed by atoms with van der Waals surface area (Å²) in [6.07, 6.45) is 2.02. The van der Waals surface area contributed by atoms with Crippen molar-refractivity contribution in [3.63, 3.8) is 0 Å². The molecule has 2 N–H and O–H groups in total. The lowest BCUT2D eigenvalue weighted by Crippen LogP contribution is -2.43. The van der Waals surface area contributed by atoms with Gasteiger partial charge < -0.3 is 10.6 Å². The normalized spacial score (nSPS) is 22.3. The molecule has 0 aromatic heterocycles. The summed E-state index contributed by atoms with van der Waals surface area (Å²) in [6, 6.07) is 5.03. The Kier molecular flexibility index (Phi) is 2.85. The number of halogens is 1. The number of nitrogens with one attached hydrogen (secondary N) is 2. The van der Waals surface area contributed by atoms with Gasteiger partial charge in [-0.15, -0.1) is 0 Å². The number of anilines is 1. The highest BCUT2D eigenvalue weighted by Crippen LogP contribution is 2.21. The largest absolute Gasteiger partial charge is 0.352 e. The molecular weight excluding hydrogens is 249 g/mol. The van der Waals surface area contributed by atoms with E-state index in [1.165, 1.54) is 29.2 Å². The van der Waals surface area contributed by atoms with Gasteiger partial charge in [0.25, 0.3) is 0 Å². The first-order chi connectivity index (χ1) is 9.13. The van der Waals surface area contributed by atoms with Crippen LogP contribution < -0.4 is 15.5 Å². The Hall–Kier alpha value is -2.11. The molecule has 19 heavy (non-hydrogen) atoms. The first kappa shape index (κ1) is 12.0. The van der Waals surface area contributed by atoms with Gasteiger partial charge in [0.15, 0.2) is 0 Å². The molecule has 3 rings (SSSR count). The van der Waals surface area contributed by atoms with Gasteiger partial charge in [-0.25, -0.2) is 9.18 Å². The number of benzene rings is 1. The van der Waals surface area contributed by atoms with Crippen molar-refractivity contribution < 1.29 is 14.0 Å². The maximum Gasteiger partial charge on any atom is 0.322 e. The fourth-order valence-electron chi connectivity index (χ4n) is 2.06. The van der Waals surface area contributed by atoms with E-state index in [0.717, 1.165) is 12.8 Å². The summed E-state index contributed by atoms with van der Waals surface area (Å²) in [4.78, 5) is 25.1. The first-order valence-electron chi connectivity index (χ1n) is 6.27. The number of hydrogen-bond donors (Lipinski definition) is 2. The molecule has 1 saturated carbocycles. The number of carbonyl (C=O) groups is 2. The van der Waals surface area contributed by atoms with E-state index in [0.29, 0.717) is 5.69 Å². The summed E-state index contributed by atoms with van der Waals surface area (Å²) in [5, 5.41) is 5.49. The van der Waals surface area contributed by atoms with Crippen LogP contribution in [-0.2, 0) is 4.79 Å². The van der Waals surface area contributed by atoms with Crippen molar-refractivity contribution in [2.45, 2.75) is 24.9 Å². The minimum absolute atomic E-state index is 0.152. The van der Waals surface area contributed by atoms with Crippen LogP contribution >= 0.6 is 0 Å². The number of carbonyl (C=O) groups excluding carboxylic acids is 2. The molecule has 1 aliphatic carbocycles. The quantitative estimate of drug-likeness (QED) is 0.854. The molecule has 1 heterocycles. The minimum Gasteiger partial charge on any atom is -0.352 e. The lowest BCUT2D eigenvalue weighted by Gasteiger charge is -2.14. The summed E-state index contributed by atoms with van der Waals surface area (Å²) >= 11 is 0. The van der Waals surface area contributed by atoms with Gasteiger partial charge in [-0.05, 0) is 37.1 Å². The average molecular weight is 263 g/mol. The zero-order chi connectivity index (χ0) is 13.4. The fourth-order valence-corrected chi connectivity index (χ4v) is 2.06. The third-order valence-corrected chi connectivity index (χ3v) is 3.29. The zero-order valence-corrected chi connectivity index (χ0v) is 10.2. The van der Waals surface area contributed by atoms with Crippen molar-refractivity contribution in [1.82, 2.24) is 10.6 Å². The number of hydrogen-bond acceptors (Lipinski definition) is 2. The molecule has 5 nitrogen and oxygen atoms in total. The van der Waals surface area contributed by atoms with Crippen LogP contribution in [0.3, 0.4) is 0 Å². The Morgan fingerprint density at radius 1 is 1.32 bits per heavy atom. The van der Waals surface area contributed by atoms with E-state index in [9.17, 15) is 14.0 Å². The van der Waals surface area contributed by atoms with Gasteiger partial charge >= 0.3 is 6.03 Å². The Bertz CT molecular complexity index is 513. The maximum absolute atomic E-state index is 12.8. The average Bonchev–Trinajstić information content (AvgIpc) is 3.11. The van der Waals surface area contributed by atoms with Crippen molar-refractivity contribution in [1.29, 1.82) is 0 Å². The van der Waals surface area contributed by atoms with E-state index in [2.05, 4.69) is 10.6 Å². The Labute approximate surface area is 109 Å². The number of urea groups is 1. The molecule has 1 aromatic carbocycles. The predicted octanol–water partition coefficient (Wildman–Crippen LogP) is 1.00. The molecule has 2 fully saturated rings. The van der Waals surface area contributed by atoms with E-state index in [-0.39, 0.29) is 30.3 Å². The van der Waals surface area contributed by atoms with E-state index < -0.39 is 6.04 Å². The molecule has 1 unspecified atom stereocenters. The van der Waals surface area contributed by atoms with Gasteiger partial charge in [0.2, 0.25) is 5.91 Å². The van der Waals surface area contributed by atoms with E-state index in [1.807, 2.05) is 0 Å². The van der Waals surface area contributed by atoms with E-state index >= 15 is 0 Å². The summed E-state index contributed by atoms with van der Waals surface area (Å²) < 4.78 is 12.8. The Morgan fingerprint density at radius 3 is 2.63 bits per heavy atom. The molecular formula is C13H14FN3O2. The lowest BCUT2D eigenvalue weighted by molar-refractivity contribution is -0.122. The van der Waals surface area contributed by atoms with Gasteiger partial charge in [-0.3, -0.25) is 9.69 Å². The highest BCUT2D eigenvalue weighted by atomic mass is 19.1. The van der Waals surface area contributed by atoms with Gasteiger partial charge in [0, 0.05) is 11.7 Å². The topological polar surface area (TPSA) is 61.4 Å². The summed E-state index contributed by atoms with van der Waals surface area (Å²) in [6.45, 7) is 0.267. The maximum atomic E-state index is 12.8. The van der Waals surface area contributed by atoms with Crippen LogP contribution in [0.1, 0.15) is 12.8 Å². The summed E-state index contributed by atoms with van der Waals surface area (Å²) in [5.41, 5.74) is 0.584. The zero-order valence-electron chi connectivity index (χ0n) is 10.2. The summed E-state index contributed by atoms with van der Waals surface area (Å²) in [5.74, 6) is -0.508. The van der Waals surface area contributed by atoms with Gasteiger partial charge in [0.05, 0.1) is 6.54 Å². The molecule has 100 valence electrons. The lowest BCUT2D eigenvalue weighted by atomic mass is 10.2. The van der Waals surface area contributed by atoms with Crippen LogP contribution in [0, 0.1) is 5.82 Å². The van der Waals surface area contributed by atoms with E-state index in [4.69, 9.17) is 0 Å². The van der Waals surface area contributed by atoms with E-state index in [1.54, 1.807) is 0 Å². The van der Waals surface area contributed by atoms with Crippen LogP contribution in [0.15, 0.2) is 24.3 Å². The van der Waals surface area contributed by atoms with Crippen molar-refractivity contribution in [2.75, 3.05) is 11.4 Å². The number of amides is 3. The second-order valence-electron chi connectivity index (χ2n) is 4.87. The highest BCUT2D eigenvalue weighted by Gasteiger charge is 2.36. The van der Waals surface area contributed by atoms with Crippen LogP contribution in [0.25, 0.3) is 0 Å². The summed E-state index contributed by atoms with van der Waals surface area (Å²) in [7, 11) is 0. The van der Waals surface area contributed by atoms with Crippen molar-refractivity contribution >= 4 is 17.6 Å². The molecule has 3 amide bonds. The second kappa shape index (κ2) is 4.53. The molecule has 1 saturated heterocycles. The van der Waals surface area contributed by atoms with Crippen LogP contribution in [0.4, 0.5) is 14.9 Å². The Morgan fingerprint density at radius 2 is 2.00 bits per heavy atom. The molecule has 2 aliphatic rings. The number of rotatable bonds is 3. The molecule has 0 spiro atoms. The first-order valence-corrected chi connectivity index (χ1v) is 6.27. The highest BCUT2D eigenvalue weighted by molar-refractivity contribution is 6.00. The van der Waals surface area contributed by atoms with Gasteiger partial charge in [0.1, 0.15) is 11.9 Å².